The average molecular weight is 506 g/mol. The van der Waals surface area contributed by atoms with E-state index in [1.165, 1.54) is 5.57 Å². The average Bonchev–Trinajstić information content (AvgIpc) is 3.20. The molecular weight excluding hydrogens is 482 g/mol. The van der Waals surface area contributed by atoms with Crippen LogP contribution in [0.3, 0.4) is 0 Å². The molecule has 1 aliphatic carbocycles. The summed E-state index contributed by atoms with van der Waals surface area (Å²) >= 11 is 3.61. The van der Waals surface area contributed by atoms with Crippen molar-refractivity contribution in [3.63, 3.8) is 0 Å². The highest BCUT2D eigenvalue weighted by Crippen LogP contribution is 2.48. The molecule has 0 spiro atoms. The Labute approximate surface area is 208 Å². The van der Waals surface area contributed by atoms with Crippen LogP contribution in [0.2, 0.25) is 0 Å². The van der Waals surface area contributed by atoms with Gasteiger partial charge in [0.15, 0.2) is 0 Å². The van der Waals surface area contributed by atoms with Crippen LogP contribution in [-0.2, 0) is 5.54 Å². The molecule has 1 unspecified atom stereocenters. The van der Waals surface area contributed by atoms with Gasteiger partial charge in [-0.15, -0.1) is 6.42 Å². The Balaban J connectivity index is 2.08. The molecule has 1 atom stereocenters. The molecule has 0 saturated heterocycles. The quantitative estimate of drug-likeness (QED) is 0.159. The SMILES string of the molecule is C#C/C=C(\C=C/C)C(C1=CCCC=C1)(c1ccccc1)n1c2ccncc2c2ccc(Br)nc21. The number of hydrogen-bond acceptors (Lipinski definition) is 2. The van der Waals surface area contributed by atoms with Crippen molar-refractivity contribution in [1.82, 2.24) is 14.5 Å². The molecular formula is C30H24BrN3. The van der Waals surface area contributed by atoms with Gasteiger partial charge >= 0.3 is 0 Å². The second kappa shape index (κ2) is 9.29. The van der Waals surface area contributed by atoms with Crippen molar-refractivity contribution in [2.45, 2.75) is 25.3 Å². The van der Waals surface area contributed by atoms with Gasteiger partial charge in [-0.1, -0.05) is 66.6 Å². The summed E-state index contributed by atoms with van der Waals surface area (Å²) in [6, 6.07) is 16.7. The molecule has 0 fully saturated rings. The molecule has 1 aromatic carbocycles. The minimum absolute atomic E-state index is 0.730. The van der Waals surface area contributed by atoms with Gasteiger partial charge in [0.25, 0.3) is 0 Å². The normalized spacial score (nSPS) is 16.0. The molecule has 0 bridgehead atoms. The monoisotopic (exact) mass is 505 g/mol. The van der Waals surface area contributed by atoms with Gasteiger partial charge in [-0.05, 0) is 76.7 Å². The number of rotatable bonds is 5. The Hall–Kier alpha value is -3.68. The molecule has 4 heteroatoms. The zero-order valence-electron chi connectivity index (χ0n) is 18.9. The molecule has 0 aliphatic heterocycles. The number of allylic oxidation sites excluding steroid dienone is 8. The molecule has 166 valence electrons. The number of fused-ring (bicyclic) bond motifs is 3. The topological polar surface area (TPSA) is 30.7 Å². The first kappa shape index (κ1) is 22.1. The van der Waals surface area contributed by atoms with Crippen molar-refractivity contribution in [3.05, 3.63) is 119 Å². The lowest BCUT2D eigenvalue weighted by Gasteiger charge is -2.40. The van der Waals surface area contributed by atoms with E-state index in [1.54, 1.807) is 0 Å². The molecule has 34 heavy (non-hydrogen) atoms. The van der Waals surface area contributed by atoms with Gasteiger partial charge in [0.2, 0.25) is 0 Å². The van der Waals surface area contributed by atoms with Crippen LogP contribution >= 0.6 is 15.9 Å². The molecule has 0 N–H and O–H groups in total. The highest BCUT2D eigenvalue weighted by molar-refractivity contribution is 9.10. The summed E-state index contributed by atoms with van der Waals surface area (Å²) in [5, 5.41) is 2.10. The highest BCUT2D eigenvalue weighted by Gasteiger charge is 2.42. The van der Waals surface area contributed by atoms with Gasteiger partial charge in [-0.2, -0.15) is 0 Å². The second-order valence-electron chi connectivity index (χ2n) is 8.22. The van der Waals surface area contributed by atoms with Gasteiger partial charge in [0, 0.05) is 23.2 Å². The first-order valence-electron chi connectivity index (χ1n) is 11.3. The maximum atomic E-state index is 5.93. The zero-order valence-corrected chi connectivity index (χ0v) is 20.5. The Morgan fingerprint density at radius 1 is 1.12 bits per heavy atom. The smallest absolute Gasteiger partial charge is 0.143 e. The van der Waals surface area contributed by atoms with Crippen molar-refractivity contribution in [2.75, 3.05) is 0 Å². The summed E-state index contributed by atoms with van der Waals surface area (Å²) < 4.78 is 3.12. The fourth-order valence-electron chi connectivity index (χ4n) is 5.04. The molecule has 3 aromatic heterocycles. The number of terminal acetylenes is 1. The number of aromatic nitrogens is 3. The van der Waals surface area contributed by atoms with Crippen LogP contribution in [0.4, 0.5) is 0 Å². The number of pyridine rings is 2. The van der Waals surface area contributed by atoms with E-state index < -0.39 is 5.54 Å². The van der Waals surface area contributed by atoms with Crippen molar-refractivity contribution < 1.29 is 0 Å². The lowest BCUT2D eigenvalue weighted by molar-refractivity contribution is 0.538. The standard InChI is InChI=1S/C30H24BrN3/c1-3-11-22(12-4-2)30(23-13-7-5-8-14-23,24-15-9-6-10-16-24)34-27-19-20-32-21-26(27)25-17-18-28(31)33-29(25)34/h1,4-5,7-9,11-21H,6,10H2,2H3/b12-4-,22-11+. The van der Waals surface area contributed by atoms with E-state index in [-0.39, 0.29) is 0 Å². The summed E-state index contributed by atoms with van der Waals surface area (Å²) in [7, 11) is 0. The highest BCUT2D eigenvalue weighted by atomic mass is 79.9. The maximum Gasteiger partial charge on any atom is 0.143 e. The summed E-state index contributed by atoms with van der Waals surface area (Å²) in [4.78, 5) is 9.44. The van der Waals surface area contributed by atoms with Crippen LogP contribution in [0.25, 0.3) is 21.9 Å². The van der Waals surface area contributed by atoms with Crippen LogP contribution in [0.5, 0.6) is 0 Å². The summed E-state index contributed by atoms with van der Waals surface area (Å²) in [6.45, 7) is 2.02. The van der Waals surface area contributed by atoms with Gasteiger partial charge in [0.05, 0.1) is 5.52 Å². The van der Waals surface area contributed by atoms with E-state index in [2.05, 4.69) is 92.1 Å². The zero-order chi connectivity index (χ0) is 23.5. The first-order valence-corrected chi connectivity index (χ1v) is 12.1. The third-order valence-electron chi connectivity index (χ3n) is 6.32. The predicted octanol–water partition coefficient (Wildman–Crippen LogP) is 7.50. The van der Waals surface area contributed by atoms with Gasteiger partial charge in [-0.25, -0.2) is 4.98 Å². The van der Waals surface area contributed by atoms with E-state index in [1.807, 2.05) is 43.6 Å². The lowest BCUT2D eigenvalue weighted by atomic mass is 9.73. The predicted molar refractivity (Wildman–Crippen MR) is 144 cm³/mol. The second-order valence-corrected chi connectivity index (χ2v) is 9.03. The van der Waals surface area contributed by atoms with E-state index >= 15 is 0 Å². The summed E-state index contributed by atoms with van der Waals surface area (Å²) in [5.41, 5.74) is 4.47. The summed E-state index contributed by atoms with van der Waals surface area (Å²) in [5.74, 6) is 2.82. The fraction of sp³-hybridized carbons (Fsp3) is 0.133. The Morgan fingerprint density at radius 2 is 1.97 bits per heavy atom. The van der Waals surface area contributed by atoms with E-state index in [0.29, 0.717) is 0 Å². The number of hydrogen-bond donors (Lipinski definition) is 0. The fourth-order valence-corrected chi connectivity index (χ4v) is 5.34. The van der Waals surface area contributed by atoms with Crippen LogP contribution in [0.15, 0.2) is 113 Å². The molecule has 3 heterocycles. The van der Waals surface area contributed by atoms with Gasteiger partial charge in [0.1, 0.15) is 15.8 Å². The largest absolute Gasteiger partial charge is 0.307 e. The van der Waals surface area contributed by atoms with E-state index in [9.17, 15) is 0 Å². The molecule has 4 aromatic rings. The molecule has 0 radical (unpaired) electrons. The Kier molecular flexibility index (Phi) is 6.04. The number of benzene rings is 1. The maximum absolute atomic E-state index is 5.93. The Bertz CT molecular complexity index is 1530. The van der Waals surface area contributed by atoms with E-state index in [4.69, 9.17) is 11.4 Å². The lowest BCUT2D eigenvalue weighted by Crippen LogP contribution is -2.39. The van der Waals surface area contributed by atoms with Crippen molar-refractivity contribution in [1.29, 1.82) is 0 Å². The molecule has 5 rings (SSSR count). The van der Waals surface area contributed by atoms with Gasteiger partial charge in [-0.3, -0.25) is 4.98 Å². The molecule has 3 nitrogen and oxygen atoms in total. The minimum atomic E-state index is -0.730. The van der Waals surface area contributed by atoms with Crippen LogP contribution in [-0.4, -0.2) is 14.5 Å². The number of nitrogens with zero attached hydrogens (tertiary/aromatic N) is 3. The minimum Gasteiger partial charge on any atom is -0.307 e. The van der Waals surface area contributed by atoms with Crippen LogP contribution < -0.4 is 0 Å². The Morgan fingerprint density at radius 3 is 2.71 bits per heavy atom. The van der Waals surface area contributed by atoms with Gasteiger partial charge < -0.3 is 4.57 Å². The third kappa shape index (κ3) is 3.45. The van der Waals surface area contributed by atoms with Crippen molar-refractivity contribution in [3.8, 4) is 12.3 Å². The molecule has 1 aliphatic rings. The van der Waals surface area contributed by atoms with E-state index in [0.717, 1.165) is 50.5 Å². The van der Waals surface area contributed by atoms with Crippen LogP contribution in [0.1, 0.15) is 25.3 Å². The summed E-state index contributed by atoms with van der Waals surface area (Å²) in [6.07, 6.45) is 24.5. The van der Waals surface area contributed by atoms with Crippen LogP contribution in [0, 0.1) is 12.3 Å². The van der Waals surface area contributed by atoms with Crippen molar-refractivity contribution in [2.24, 2.45) is 0 Å². The molecule has 0 saturated carbocycles. The molecule has 0 amide bonds. The first-order chi connectivity index (χ1) is 16.7. The number of halogens is 1. The third-order valence-corrected chi connectivity index (χ3v) is 6.77. The van der Waals surface area contributed by atoms with Crippen molar-refractivity contribution >= 4 is 37.9 Å².